The normalized spacial score (nSPS) is 17.7. The van der Waals surface area contributed by atoms with Gasteiger partial charge >= 0.3 is 6.18 Å². The molecule has 34 heavy (non-hydrogen) atoms. The Morgan fingerprint density at radius 3 is 2.24 bits per heavy atom. The Balaban J connectivity index is 2.01. The van der Waals surface area contributed by atoms with Crippen molar-refractivity contribution >= 4 is 28.8 Å². The number of carbonyl (C=O) groups excluding carboxylic acids is 2. The van der Waals surface area contributed by atoms with Gasteiger partial charge in [0.2, 0.25) is 0 Å². The predicted molar refractivity (Wildman–Crippen MR) is 116 cm³/mol. The van der Waals surface area contributed by atoms with Gasteiger partial charge in [-0.05, 0) is 24.3 Å². The van der Waals surface area contributed by atoms with Crippen LogP contribution in [0.4, 0.5) is 24.5 Å². The molecule has 1 fully saturated rings. The molecule has 0 bridgehead atoms. The zero-order chi connectivity index (χ0) is 24.6. The molecule has 4 rings (SSSR count). The lowest BCUT2D eigenvalue weighted by Crippen LogP contribution is -2.30. The van der Waals surface area contributed by atoms with E-state index in [1.807, 2.05) is 0 Å². The Hall–Kier alpha value is -4.47. The zero-order valence-corrected chi connectivity index (χ0v) is 17.2. The number of hydrogen-bond donors (Lipinski definition) is 1. The van der Waals surface area contributed by atoms with Crippen molar-refractivity contribution in [3.8, 4) is 0 Å². The fourth-order valence-corrected chi connectivity index (χ4v) is 3.86. The number of rotatable bonds is 4. The predicted octanol–water partition coefficient (Wildman–Crippen LogP) is 5.24. The van der Waals surface area contributed by atoms with Crippen LogP contribution in [-0.4, -0.2) is 21.7 Å². The molecule has 1 aliphatic rings. The van der Waals surface area contributed by atoms with Gasteiger partial charge in [0, 0.05) is 17.3 Å². The van der Waals surface area contributed by atoms with Crippen molar-refractivity contribution < 1.29 is 32.8 Å². The Bertz CT molecular complexity index is 1340. The van der Waals surface area contributed by atoms with Gasteiger partial charge in [-0.25, -0.2) is 0 Å². The summed E-state index contributed by atoms with van der Waals surface area (Å²) in [5.74, 6) is -3.00. The van der Waals surface area contributed by atoms with Crippen LogP contribution in [0.3, 0.4) is 0 Å². The number of amides is 1. The van der Waals surface area contributed by atoms with E-state index in [4.69, 9.17) is 0 Å². The maximum atomic E-state index is 13.3. The minimum absolute atomic E-state index is 0.137. The zero-order valence-electron chi connectivity index (χ0n) is 17.2. The van der Waals surface area contributed by atoms with Crippen molar-refractivity contribution in [1.82, 2.24) is 0 Å². The molecule has 7 nitrogen and oxygen atoms in total. The number of nitrogens with zero attached hydrogens (tertiary/aromatic N) is 2. The summed E-state index contributed by atoms with van der Waals surface area (Å²) in [6.45, 7) is 0. The number of anilines is 1. The first-order valence-corrected chi connectivity index (χ1v) is 9.88. The Morgan fingerprint density at radius 2 is 1.59 bits per heavy atom. The molecule has 1 saturated heterocycles. The second kappa shape index (κ2) is 8.47. The van der Waals surface area contributed by atoms with Gasteiger partial charge in [0.05, 0.1) is 21.6 Å². The van der Waals surface area contributed by atoms with Crippen molar-refractivity contribution in [2.75, 3.05) is 4.90 Å². The summed E-state index contributed by atoms with van der Waals surface area (Å²) in [5, 5.41) is 22.7. The lowest BCUT2D eigenvalue weighted by Gasteiger charge is -2.25. The molecule has 1 atom stereocenters. The van der Waals surface area contributed by atoms with E-state index in [2.05, 4.69) is 0 Å². The second-order valence-electron chi connectivity index (χ2n) is 7.40. The van der Waals surface area contributed by atoms with E-state index in [1.165, 1.54) is 36.4 Å². The third-order valence-corrected chi connectivity index (χ3v) is 5.37. The van der Waals surface area contributed by atoms with Gasteiger partial charge in [0.1, 0.15) is 11.8 Å². The highest BCUT2D eigenvalue weighted by atomic mass is 19.4. The van der Waals surface area contributed by atoms with Crippen molar-refractivity contribution in [2.24, 2.45) is 0 Å². The van der Waals surface area contributed by atoms with Gasteiger partial charge in [0.15, 0.2) is 0 Å². The van der Waals surface area contributed by atoms with E-state index in [9.17, 15) is 38.0 Å². The van der Waals surface area contributed by atoms with Gasteiger partial charge in [-0.3, -0.25) is 24.6 Å². The standard InChI is InChI=1S/C24H15F3N2O5/c25-24(26,27)15-9-6-10-16(13-15)28-20(17-11-4-5-12-18(17)29(33)34)19(22(31)23(28)32)21(30)14-7-2-1-3-8-14/h1-13,20,30H. The van der Waals surface area contributed by atoms with Crippen LogP contribution < -0.4 is 4.90 Å². The molecule has 3 aromatic carbocycles. The third kappa shape index (κ3) is 3.90. The second-order valence-corrected chi connectivity index (χ2v) is 7.40. The number of nitro benzene ring substituents is 1. The molecule has 1 aliphatic heterocycles. The number of halogens is 3. The van der Waals surface area contributed by atoms with E-state index in [1.54, 1.807) is 18.2 Å². The molecule has 10 heteroatoms. The number of aliphatic hydroxyl groups excluding tert-OH is 1. The highest BCUT2D eigenvalue weighted by Crippen LogP contribution is 2.45. The minimum Gasteiger partial charge on any atom is -0.507 e. The molecule has 0 spiro atoms. The fraction of sp³-hybridized carbons (Fsp3) is 0.0833. The van der Waals surface area contributed by atoms with Gasteiger partial charge < -0.3 is 5.11 Å². The molecule has 1 unspecified atom stereocenters. The largest absolute Gasteiger partial charge is 0.507 e. The summed E-state index contributed by atoms with van der Waals surface area (Å²) in [7, 11) is 0. The third-order valence-electron chi connectivity index (χ3n) is 5.37. The molecule has 1 N–H and O–H groups in total. The summed E-state index contributed by atoms with van der Waals surface area (Å²) < 4.78 is 40.0. The first-order valence-electron chi connectivity index (χ1n) is 9.88. The number of aliphatic hydroxyl groups is 1. The number of Topliss-reactive ketones (excluding diaryl/α,β-unsaturated/α-hetero) is 1. The molecule has 0 radical (unpaired) electrons. The molecular weight excluding hydrogens is 453 g/mol. The van der Waals surface area contributed by atoms with E-state index in [0.717, 1.165) is 23.1 Å². The van der Waals surface area contributed by atoms with Crippen LogP contribution in [0.2, 0.25) is 0 Å². The molecule has 3 aromatic rings. The number of para-hydroxylation sites is 1. The highest BCUT2D eigenvalue weighted by molar-refractivity contribution is 6.51. The average Bonchev–Trinajstić information content (AvgIpc) is 3.09. The van der Waals surface area contributed by atoms with Crippen LogP contribution in [0.25, 0.3) is 5.76 Å². The van der Waals surface area contributed by atoms with Crippen LogP contribution in [-0.2, 0) is 15.8 Å². The Labute approximate surface area is 190 Å². The highest BCUT2D eigenvalue weighted by Gasteiger charge is 2.49. The van der Waals surface area contributed by atoms with Crippen LogP contribution >= 0.6 is 0 Å². The molecule has 1 amide bonds. The van der Waals surface area contributed by atoms with Gasteiger partial charge in [0.25, 0.3) is 17.4 Å². The molecule has 0 aliphatic carbocycles. The topological polar surface area (TPSA) is 101 Å². The van der Waals surface area contributed by atoms with Crippen molar-refractivity contribution in [2.45, 2.75) is 12.2 Å². The summed E-state index contributed by atoms with van der Waals surface area (Å²) >= 11 is 0. The first kappa shape index (κ1) is 22.7. The van der Waals surface area contributed by atoms with Gasteiger partial charge in [-0.15, -0.1) is 0 Å². The molecule has 0 aromatic heterocycles. The quantitative estimate of drug-likeness (QED) is 0.186. The van der Waals surface area contributed by atoms with E-state index < -0.39 is 51.4 Å². The van der Waals surface area contributed by atoms with Crippen LogP contribution in [0.5, 0.6) is 0 Å². The number of ketones is 1. The smallest absolute Gasteiger partial charge is 0.416 e. The Morgan fingerprint density at radius 1 is 0.941 bits per heavy atom. The van der Waals surface area contributed by atoms with E-state index in [-0.39, 0.29) is 16.8 Å². The number of benzene rings is 3. The number of nitro groups is 1. The van der Waals surface area contributed by atoms with E-state index >= 15 is 0 Å². The summed E-state index contributed by atoms with van der Waals surface area (Å²) in [6.07, 6.45) is -4.73. The van der Waals surface area contributed by atoms with Crippen molar-refractivity contribution in [3.05, 3.63) is 111 Å². The number of alkyl halides is 3. The van der Waals surface area contributed by atoms with Gasteiger partial charge in [-0.2, -0.15) is 13.2 Å². The lowest BCUT2D eigenvalue weighted by atomic mass is 9.94. The Kier molecular flexibility index (Phi) is 5.66. The maximum Gasteiger partial charge on any atom is 0.416 e. The van der Waals surface area contributed by atoms with Crippen LogP contribution in [0.15, 0.2) is 84.4 Å². The van der Waals surface area contributed by atoms with Crippen LogP contribution in [0.1, 0.15) is 22.7 Å². The van der Waals surface area contributed by atoms with Crippen LogP contribution in [0, 0.1) is 10.1 Å². The average molecular weight is 468 g/mol. The van der Waals surface area contributed by atoms with E-state index in [0.29, 0.717) is 6.07 Å². The first-order chi connectivity index (χ1) is 16.1. The summed E-state index contributed by atoms with van der Waals surface area (Å²) in [5.41, 5.74) is -2.29. The molecule has 172 valence electrons. The number of carbonyl (C=O) groups is 2. The maximum absolute atomic E-state index is 13.3. The summed E-state index contributed by atoms with van der Waals surface area (Å²) in [6, 6.07) is 15.1. The minimum atomic E-state index is -4.73. The lowest BCUT2D eigenvalue weighted by molar-refractivity contribution is -0.385. The van der Waals surface area contributed by atoms with Crippen molar-refractivity contribution in [1.29, 1.82) is 0 Å². The molecule has 0 saturated carbocycles. The fourth-order valence-electron chi connectivity index (χ4n) is 3.86. The van der Waals surface area contributed by atoms with Crippen molar-refractivity contribution in [3.63, 3.8) is 0 Å². The number of hydrogen-bond acceptors (Lipinski definition) is 5. The SMILES string of the molecule is O=C1C(=O)N(c2cccc(C(F)(F)F)c2)C(c2ccccc2[N+](=O)[O-])C1=C(O)c1ccccc1. The summed E-state index contributed by atoms with van der Waals surface area (Å²) in [4.78, 5) is 37.8. The monoisotopic (exact) mass is 468 g/mol. The van der Waals surface area contributed by atoms with Gasteiger partial charge in [-0.1, -0.05) is 48.5 Å². The molecular formula is C24H15F3N2O5. The molecule has 1 heterocycles.